The number of carbonyl (C=O) groups is 1. The number of ether oxygens (including phenoxy) is 1. The summed E-state index contributed by atoms with van der Waals surface area (Å²) in [5, 5.41) is 6.55. The smallest absolute Gasteiger partial charge is 0.246 e. The third-order valence-electron chi connectivity index (χ3n) is 4.40. The molecule has 1 heterocycles. The molecule has 0 aliphatic heterocycles. The molecule has 0 aliphatic rings. The van der Waals surface area contributed by atoms with Gasteiger partial charge >= 0.3 is 0 Å². The normalized spacial score (nSPS) is 12.2. The summed E-state index contributed by atoms with van der Waals surface area (Å²) >= 11 is 0. The Labute approximate surface area is 181 Å². The van der Waals surface area contributed by atoms with Gasteiger partial charge in [-0.25, -0.2) is 8.42 Å². The molecule has 1 aromatic heterocycles. The van der Waals surface area contributed by atoms with Gasteiger partial charge in [0.15, 0.2) is 0 Å². The molecular weight excluding hydrogens is 420 g/mol. The first kappa shape index (κ1) is 22.3. The third-order valence-corrected chi connectivity index (χ3v) is 5.65. The number of aromatic nitrogens is 2. The van der Waals surface area contributed by atoms with Gasteiger partial charge in [0, 0.05) is 5.56 Å². The quantitative estimate of drug-likeness (QED) is 0.539. The number of nitrogens with zero attached hydrogens (tertiary/aromatic N) is 3. The van der Waals surface area contributed by atoms with Crippen molar-refractivity contribution in [3.05, 3.63) is 60.5 Å². The summed E-state index contributed by atoms with van der Waals surface area (Å²) in [5.74, 6) is 0.734. The molecule has 3 rings (SSSR count). The van der Waals surface area contributed by atoms with Crippen molar-refractivity contribution in [1.82, 2.24) is 15.5 Å². The topological polar surface area (TPSA) is 115 Å². The van der Waals surface area contributed by atoms with E-state index in [0.29, 0.717) is 23.9 Å². The number of carbonyl (C=O) groups excluding carboxylic acids is 1. The SMILES string of the molecule is CCOc1ccc(N([C@H](C)C(=O)NCc2nc(-c3ccccc3)no2)S(C)(=O)=O)cc1. The number of hydrogen-bond donors (Lipinski definition) is 1. The number of nitrogens with one attached hydrogen (secondary N) is 1. The van der Waals surface area contributed by atoms with E-state index in [4.69, 9.17) is 9.26 Å². The molecule has 3 aromatic rings. The van der Waals surface area contributed by atoms with Crippen molar-refractivity contribution < 1.29 is 22.5 Å². The zero-order valence-corrected chi connectivity index (χ0v) is 18.3. The average molecular weight is 445 g/mol. The average Bonchev–Trinajstić information content (AvgIpc) is 3.22. The molecule has 0 fully saturated rings. The molecule has 0 spiro atoms. The lowest BCUT2D eigenvalue weighted by molar-refractivity contribution is -0.122. The first-order chi connectivity index (χ1) is 14.8. The Balaban J connectivity index is 1.70. The molecule has 31 heavy (non-hydrogen) atoms. The third kappa shape index (κ3) is 5.60. The minimum absolute atomic E-state index is 0.0239. The van der Waals surface area contributed by atoms with Crippen LogP contribution in [0, 0.1) is 0 Å². The van der Waals surface area contributed by atoms with Crippen LogP contribution in [-0.2, 0) is 21.4 Å². The molecule has 9 nitrogen and oxygen atoms in total. The van der Waals surface area contributed by atoms with Crippen LogP contribution in [0.1, 0.15) is 19.7 Å². The Kier molecular flexibility index (Phi) is 6.91. The summed E-state index contributed by atoms with van der Waals surface area (Å²) < 4.78 is 36.4. The molecule has 0 aliphatic carbocycles. The molecule has 0 saturated carbocycles. The van der Waals surface area contributed by atoms with Gasteiger partial charge in [0.25, 0.3) is 0 Å². The number of sulfonamides is 1. The van der Waals surface area contributed by atoms with E-state index in [1.165, 1.54) is 6.92 Å². The van der Waals surface area contributed by atoms with Crippen LogP contribution in [0.2, 0.25) is 0 Å². The summed E-state index contributed by atoms with van der Waals surface area (Å²) in [5.41, 5.74) is 1.15. The van der Waals surface area contributed by atoms with E-state index in [0.717, 1.165) is 16.1 Å². The maximum atomic E-state index is 12.7. The number of benzene rings is 2. The highest BCUT2D eigenvalue weighted by atomic mass is 32.2. The molecule has 1 amide bonds. The predicted molar refractivity (Wildman–Crippen MR) is 116 cm³/mol. The van der Waals surface area contributed by atoms with Gasteiger partial charge in [-0.05, 0) is 38.1 Å². The summed E-state index contributed by atoms with van der Waals surface area (Å²) in [7, 11) is -3.72. The van der Waals surface area contributed by atoms with Crippen LogP contribution < -0.4 is 14.4 Å². The number of amides is 1. The molecule has 1 N–H and O–H groups in total. The number of anilines is 1. The Morgan fingerprint density at radius 1 is 1.16 bits per heavy atom. The molecular formula is C21H24N4O5S. The van der Waals surface area contributed by atoms with Gasteiger partial charge in [-0.3, -0.25) is 9.10 Å². The lowest BCUT2D eigenvalue weighted by Gasteiger charge is -2.28. The zero-order chi connectivity index (χ0) is 22.4. The zero-order valence-electron chi connectivity index (χ0n) is 17.5. The van der Waals surface area contributed by atoms with Gasteiger partial charge in [0.05, 0.1) is 25.1 Å². The second-order valence-corrected chi connectivity index (χ2v) is 8.62. The summed E-state index contributed by atoms with van der Waals surface area (Å²) in [6.45, 7) is 3.84. The van der Waals surface area contributed by atoms with E-state index in [9.17, 15) is 13.2 Å². The fourth-order valence-corrected chi connectivity index (χ4v) is 4.18. The van der Waals surface area contributed by atoms with Crippen LogP contribution in [0.5, 0.6) is 5.75 Å². The van der Waals surface area contributed by atoms with Crippen molar-refractivity contribution in [3.8, 4) is 17.1 Å². The van der Waals surface area contributed by atoms with Crippen molar-refractivity contribution in [3.63, 3.8) is 0 Å². The maximum Gasteiger partial charge on any atom is 0.246 e. The first-order valence-electron chi connectivity index (χ1n) is 9.67. The standard InChI is InChI=1S/C21H24N4O5S/c1-4-29-18-12-10-17(11-13-18)25(31(3,27)28)15(2)21(26)22-14-19-23-20(24-30-19)16-8-6-5-7-9-16/h5-13,15H,4,14H2,1-3H3,(H,22,26)/t15-/m1/s1. The Morgan fingerprint density at radius 3 is 2.45 bits per heavy atom. The van der Waals surface area contributed by atoms with Crippen molar-refractivity contribution >= 4 is 21.6 Å². The molecule has 0 bridgehead atoms. The van der Waals surface area contributed by atoms with Crippen LogP contribution >= 0.6 is 0 Å². The molecule has 164 valence electrons. The molecule has 1 atom stereocenters. The van der Waals surface area contributed by atoms with E-state index in [1.54, 1.807) is 24.3 Å². The lowest BCUT2D eigenvalue weighted by Crippen LogP contribution is -2.47. The highest BCUT2D eigenvalue weighted by Gasteiger charge is 2.29. The second-order valence-electron chi connectivity index (χ2n) is 6.76. The largest absolute Gasteiger partial charge is 0.494 e. The molecule has 0 saturated heterocycles. The van der Waals surface area contributed by atoms with E-state index >= 15 is 0 Å². The van der Waals surface area contributed by atoms with Crippen LogP contribution in [0.3, 0.4) is 0 Å². The van der Waals surface area contributed by atoms with Crippen molar-refractivity contribution in [2.75, 3.05) is 17.2 Å². The highest BCUT2D eigenvalue weighted by molar-refractivity contribution is 7.92. The van der Waals surface area contributed by atoms with Gasteiger partial charge in [-0.2, -0.15) is 4.98 Å². The van der Waals surface area contributed by atoms with Crippen molar-refractivity contribution in [2.24, 2.45) is 0 Å². The van der Waals surface area contributed by atoms with E-state index in [2.05, 4.69) is 15.5 Å². The van der Waals surface area contributed by atoms with Gasteiger partial charge in [-0.1, -0.05) is 35.5 Å². The van der Waals surface area contributed by atoms with Crippen molar-refractivity contribution in [1.29, 1.82) is 0 Å². The molecule has 0 unspecified atom stereocenters. The maximum absolute atomic E-state index is 12.7. The van der Waals surface area contributed by atoms with E-state index in [-0.39, 0.29) is 12.4 Å². The molecule has 0 radical (unpaired) electrons. The molecule has 10 heteroatoms. The lowest BCUT2D eigenvalue weighted by atomic mass is 10.2. The number of hydrogen-bond acceptors (Lipinski definition) is 7. The van der Waals surface area contributed by atoms with Crippen LogP contribution in [0.25, 0.3) is 11.4 Å². The fourth-order valence-electron chi connectivity index (χ4n) is 3.01. The fraction of sp³-hybridized carbons (Fsp3) is 0.286. The first-order valence-corrected chi connectivity index (χ1v) is 11.5. The summed E-state index contributed by atoms with van der Waals surface area (Å²) in [6, 6.07) is 14.8. The minimum Gasteiger partial charge on any atom is -0.494 e. The monoisotopic (exact) mass is 444 g/mol. The van der Waals surface area contributed by atoms with Gasteiger partial charge in [-0.15, -0.1) is 0 Å². The van der Waals surface area contributed by atoms with Crippen LogP contribution in [-0.4, -0.2) is 43.4 Å². The Morgan fingerprint density at radius 2 is 1.84 bits per heavy atom. The van der Waals surface area contributed by atoms with Crippen LogP contribution in [0.15, 0.2) is 59.1 Å². The minimum atomic E-state index is -3.72. The molecule has 2 aromatic carbocycles. The van der Waals surface area contributed by atoms with Gasteiger partial charge in [0.1, 0.15) is 11.8 Å². The van der Waals surface area contributed by atoms with Crippen molar-refractivity contribution in [2.45, 2.75) is 26.4 Å². The van der Waals surface area contributed by atoms with Gasteiger partial charge in [0.2, 0.25) is 27.6 Å². The summed E-state index contributed by atoms with van der Waals surface area (Å²) in [4.78, 5) is 16.9. The van der Waals surface area contributed by atoms with Crippen LogP contribution in [0.4, 0.5) is 5.69 Å². The van der Waals surface area contributed by atoms with Gasteiger partial charge < -0.3 is 14.6 Å². The highest BCUT2D eigenvalue weighted by Crippen LogP contribution is 2.24. The predicted octanol–water partition coefficient (Wildman–Crippen LogP) is 2.61. The second kappa shape index (κ2) is 9.61. The summed E-state index contributed by atoms with van der Waals surface area (Å²) in [6.07, 6.45) is 1.05. The Bertz CT molecular complexity index is 1110. The van der Waals surface area contributed by atoms with E-state index < -0.39 is 22.0 Å². The number of rotatable bonds is 9. The van der Waals surface area contributed by atoms with E-state index in [1.807, 2.05) is 37.3 Å². The Hall–Kier alpha value is -3.40.